The van der Waals surface area contributed by atoms with Crippen molar-refractivity contribution in [3.63, 3.8) is 0 Å². The number of aliphatic imine (C=N–C) groups is 1. The third-order valence-electron chi connectivity index (χ3n) is 6.25. The molecule has 1 unspecified atom stereocenters. The number of amides is 1. The van der Waals surface area contributed by atoms with E-state index >= 15 is 0 Å². The third kappa shape index (κ3) is 3.65. The summed E-state index contributed by atoms with van der Waals surface area (Å²) < 4.78 is 0. The van der Waals surface area contributed by atoms with Gasteiger partial charge in [0, 0.05) is 12.5 Å². The van der Waals surface area contributed by atoms with Crippen molar-refractivity contribution in [2.45, 2.75) is 88.6 Å². The summed E-state index contributed by atoms with van der Waals surface area (Å²) in [5, 5.41) is 0. The fourth-order valence-electron chi connectivity index (χ4n) is 4.87. The minimum atomic E-state index is -0.0227. The van der Waals surface area contributed by atoms with Crippen molar-refractivity contribution in [1.29, 1.82) is 0 Å². The Balaban J connectivity index is 1.61. The molecule has 25 heavy (non-hydrogen) atoms. The molecular weight excluding hydrogens is 308 g/mol. The van der Waals surface area contributed by atoms with Gasteiger partial charge in [0.1, 0.15) is 5.84 Å². The predicted octanol–water partition coefficient (Wildman–Crippen LogP) is 5.07. The Labute approximate surface area is 151 Å². The number of hydrogen-bond acceptors (Lipinski definition) is 2. The van der Waals surface area contributed by atoms with Crippen LogP contribution < -0.4 is 0 Å². The number of carbonyl (C=O) groups is 1. The summed E-state index contributed by atoms with van der Waals surface area (Å²) in [6, 6.07) is 11.2. The van der Waals surface area contributed by atoms with E-state index in [1.54, 1.807) is 0 Å². The molecule has 1 heterocycles. The molecule has 134 valence electrons. The smallest absolute Gasteiger partial charge is 0.236 e. The van der Waals surface area contributed by atoms with E-state index in [9.17, 15) is 4.79 Å². The van der Waals surface area contributed by atoms with E-state index in [-0.39, 0.29) is 5.92 Å². The molecule has 2 saturated carbocycles. The van der Waals surface area contributed by atoms with Gasteiger partial charge < -0.3 is 0 Å². The van der Waals surface area contributed by atoms with Crippen LogP contribution in [0.15, 0.2) is 35.3 Å². The molecule has 0 bridgehead atoms. The minimum absolute atomic E-state index is 0.0227. The molecule has 0 aromatic heterocycles. The first-order valence-electron chi connectivity index (χ1n) is 10.3. The van der Waals surface area contributed by atoms with Crippen LogP contribution in [0, 0.1) is 0 Å². The average molecular weight is 338 g/mol. The topological polar surface area (TPSA) is 32.7 Å². The lowest BCUT2D eigenvalue weighted by Gasteiger charge is -2.32. The molecule has 1 saturated heterocycles. The lowest BCUT2D eigenvalue weighted by molar-refractivity contribution is -0.129. The van der Waals surface area contributed by atoms with Crippen molar-refractivity contribution in [2.24, 2.45) is 4.99 Å². The largest absolute Gasteiger partial charge is 0.297 e. The standard InChI is InChI=1S/C22H30N2O/c25-22-20(17-10-4-1-5-11-17)16-21(23-18-12-6-2-7-13-18)24(22)19-14-8-3-9-15-19/h1,4-5,10-11,18-20H,2-3,6-9,12-16H2. The van der Waals surface area contributed by atoms with Crippen molar-refractivity contribution in [3.8, 4) is 0 Å². The van der Waals surface area contributed by atoms with E-state index in [0.29, 0.717) is 18.0 Å². The maximum Gasteiger partial charge on any atom is 0.236 e. The molecule has 3 aliphatic rings. The first-order valence-corrected chi connectivity index (χ1v) is 10.3. The van der Waals surface area contributed by atoms with Gasteiger partial charge in [0.15, 0.2) is 0 Å². The Morgan fingerprint density at radius 2 is 1.48 bits per heavy atom. The van der Waals surface area contributed by atoms with E-state index in [2.05, 4.69) is 17.0 Å². The molecule has 3 heteroatoms. The number of amidine groups is 1. The molecule has 4 rings (SSSR count). The van der Waals surface area contributed by atoms with Gasteiger partial charge in [-0.25, -0.2) is 0 Å². The van der Waals surface area contributed by atoms with Crippen LogP contribution in [0.5, 0.6) is 0 Å². The molecule has 0 N–H and O–H groups in total. The van der Waals surface area contributed by atoms with Crippen LogP contribution in [-0.4, -0.2) is 28.7 Å². The molecular formula is C22H30N2O. The second kappa shape index (κ2) is 7.72. The van der Waals surface area contributed by atoms with Crippen LogP contribution in [0.1, 0.15) is 82.1 Å². The summed E-state index contributed by atoms with van der Waals surface area (Å²) in [7, 11) is 0. The summed E-state index contributed by atoms with van der Waals surface area (Å²) >= 11 is 0. The zero-order valence-electron chi connectivity index (χ0n) is 15.2. The Bertz CT molecular complexity index is 612. The van der Waals surface area contributed by atoms with E-state index < -0.39 is 0 Å². The van der Waals surface area contributed by atoms with Crippen molar-refractivity contribution < 1.29 is 4.79 Å². The molecule has 2 aliphatic carbocycles. The zero-order chi connectivity index (χ0) is 17.1. The monoisotopic (exact) mass is 338 g/mol. The minimum Gasteiger partial charge on any atom is -0.297 e. The molecule has 1 atom stereocenters. The molecule has 1 aromatic carbocycles. The van der Waals surface area contributed by atoms with Gasteiger partial charge in [0.05, 0.1) is 12.0 Å². The molecule has 0 spiro atoms. The van der Waals surface area contributed by atoms with Gasteiger partial charge in [-0.2, -0.15) is 0 Å². The molecule has 1 aliphatic heterocycles. The van der Waals surface area contributed by atoms with Crippen LogP contribution in [0.3, 0.4) is 0 Å². The summed E-state index contributed by atoms with van der Waals surface area (Å²) in [5.41, 5.74) is 1.15. The van der Waals surface area contributed by atoms with Gasteiger partial charge in [0.2, 0.25) is 5.91 Å². The molecule has 3 nitrogen and oxygen atoms in total. The van der Waals surface area contributed by atoms with Crippen LogP contribution in [0.2, 0.25) is 0 Å². The normalized spacial score (nSPS) is 28.0. The number of nitrogens with zero attached hydrogens (tertiary/aromatic N) is 2. The SMILES string of the molecule is O=C1C(c2ccccc2)CC(=NC2CCCCC2)N1C1CCCCC1. The first kappa shape index (κ1) is 16.8. The van der Waals surface area contributed by atoms with Crippen molar-refractivity contribution in [1.82, 2.24) is 4.90 Å². The first-order chi connectivity index (χ1) is 12.3. The van der Waals surface area contributed by atoms with Crippen LogP contribution in [0.4, 0.5) is 0 Å². The van der Waals surface area contributed by atoms with Crippen LogP contribution >= 0.6 is 0 Å². The summed E-state index contributed by atoms with van der Waals surface area (Å²) in [6.45, 7) is 0. The fourth-order valence-corrected chi connectivity index (χ4v) is 4.87. The second-order valence-electron chi connectivity index (χ2n) is 8.00. The number of carbonyl (C=O) groups excluding carboxylic acids is 1. The van der Waals surface area contributed by atoms with Crippen molar-refractivity contribution in [2.75, 3.05) is 0 Å². The fraction of sp³-hybridized carbons (Fsp3) is 0.636. The number of rotatable bonds is 3. The Hall–Kier alpha value is -1.64. The summed E-state index contributed by atoms with van der Waals surface area (Å²) in [4.78, 5) is 20.6. The molecule has 1 aromatic rings. The van der Waals surface area contributed by atoms with Gasteiger partial charge in [-0.1, -0.05) is 68.9 Å². The van der Waals surface area contributed by atoms with Gasteiger partial charge in [0.25, 0.3) is 0 Å². The quantitative estimate of drug-likeness (QED) is 0.757. The molecule has 3 fully saturated rings. The van der Waals surface area contributed by atoms with Crippen molar-refractivity contribution in [3.05, 3.63) is 35.9 Å². The lowest BCUT2D eigenvalue weighted by atomic mass is 9.94. The van der Waals surface area contributed by atoms with Gasteiger partial charge in [-0.15, -0.1) is 0 Å². The number of hydrogen-bond donors (Lipinski definition) is 0. The number of likely N-dealkylation sites (tertiary alicyclic amines) is 1. The third-order valence-corrected chi connectivity index (χ3v) is 6.25. The highest BCUT2D eigenvalue weighted by molar-refractivity contribution is 6.09. The molecule has 1 amide bonds. The highest BCUT2D eigenvalue weighted by Crippen LogP contribution is 2.36. The zero-order valence-corrected chi connectivity index (χ0v) is 15.2. The van der Waals surface area contributed by atoms with Crippen LogP contribution in [0.25, 0.3) is 0 Å². The van der Waals surface area contributed by atoms with Gasteiger partial charge >= 0.3 is 0 Å². The lowest BCUT2D eigenvalue weighted by Crippen LogP contribution is -2.41. The van der Waals surface area contributed by atoms with E-state index in [1.165, 1.54) is 51.4 Å². The summed E-state index contributed by atoms with van der Waals surface area (Å²) in [5.74, 6) is 1.37. The molecule has 0 radical (unpaired) electrons. The Kier molecular flexibility index (Phi) is 5.19. The van der Waals surface area contributed by atoms with Crippen molar-refractivity contribution >= 4 is 11.7 Å². The Morgan fingerprint density at radius 3 is 2.16 bits per heavy atom. The summed E-state index contributed by atoms with van der Waals surface area (Å²) in [6.07, 6.45) is 13.3. The second-order valence-corrected chi connectivity index (χ2v) is 8.00. The maximum atomic E-state index is 13.3. The van der Waals surface area contributed by atoms with Gasteiger partial charge in [-0.05, 0) is 31.2 Å². The highest BCUT2D eigenvalue weighted by atomic mass is 16.2. The maximum absolute atomic E-state index is 13.3. The van der Waals surface area contributed by atoms with E-state index in [4.69, 9.17) is 4.99 Å². The van der Waals surface area contributed by atoms with Crippen LogP contribution in [-0.2, 0) is 4.79 Å². The Morgan fingerprint density at radius 1 is 0.840 bits per heavy atom. The van der Waals surface area contributed by atoms with E-state index in [0.717, 1.165) is 30.7 Å². The predicted molar refractivity (Wildman–Crippen MR) is 102 cm³/mol. The highest BCUT2D eigenvalue weighted by Gasteiger charge is 2.41. The van der Waals surface area contributed by atoms with E-state index in [1.807, 2.05) is 18.2 Å². The van der Waals surface area contributed by atoms with Gasteiger partial charge in [-0.3, -0.25) is 14.7 Å². The number of benzene rings is 1. The average Bonchev–Trinajstić information content (AvgIpc) is 3.00.